The molecule has 0 saturated heterocycles. The van der Waals surface area contributed by atoms with Gasteiger partial charge in [0.05, 0.1) is 6.61 Å². The van der Waals surface area contributed by atoms with Crippen molar-refractivity contribution in [1.82, 2.24) is 0 Å². The van der Waals surface area contributed by atoms with Gasteiger partial charge in [0.1, 0.15) is 0 Å². The summed E-state index contributed by atoms with van der Waals surface area (Å²) in [6, 6.07) is 0. The maximum atomic E-state index is 8.53. The zero-order valence-electron chi connectivity index (χ0n) is 6.08. The van der Waals surface area contributed by atoms with Crippen LogP contribution in [0.15, 0.2) is 11.6 Å². The Morgan fingerprint density at radius 3 is 2.40 bits per heavy atom. The monoisotopic (exact) mass is 145 g/mol. The molecule has 0 aliphatic carbocycles. The first-order valence-electron chi connectivity index (χ1n) is 3.44. The molecule has 0 heterocycles. The Morgan fingerprint density at radius 1 is 1.30 bits per heavy atom. The van der Waals surface area contributed by atoms with Gasteiger partial charge in [-0.05, 0) is 19.4 Å². The predicted octanol–water partition coefficient (Wildman–Crippen LogP) is -0.364. The summed E-state index contributed by atoms with van der Waals surface area (Å²) in [5.74, 6) is 0. The van der Waals surface area contributed by atoms with Crippen molar-refractivity contribution in [1.29, 1.82) is 0 Å². The van der Waals surface area contributed by atoms with Crippen molar-refractivity contribution in [3.8, 4) is 0 Å². The first-order chi connectivity index (χ1) is 4.85. The number of nitrogens with two attached hydrogens (primary N) is 1. The molecule has 3 nitrogen and oxygen atoms in total. The van der Waals surface area contributed by atoms with Gasteiger partial charge in [0.15, 0.2) is 0 Å². The first kappa shape index (κ1) is 9.62. The van der Waals surface area contributed by atoms with E-state index in [1.165, 1.54) is 0 Å². The number of aliphatic hydroxyl groups excluding tert-OH is 2. The van der Waals surface area contributed by atoms with Gasteiger partial charge >= 0.3 is 0 Å². The molecule has 60 valence electrons. The van der Waals surface area contributed by atoms with Crippen LogP contribution >= 0.6 is 0 Å². The average Bonchev–Trinajstić information content (AvgIpc) is 1.90. The molecular weight excluding hydrogens is 130 g/mol. The Labute approximate surface area is 61.2 Å². The summed E-state index contributed by atoms with van der Waals surface area (Å²) < 4.78 is 0. The number of hydrogen-bond acceptors (Lipinski definition) is 3. The van der Waals surface area contributed by atoms with Gasteiger partial charge in [0.2, 0.25) is 0 Å². The maximum absolute atomic E-state index is 8.53. The van der Waals surface area contributed by atoms with Crippen LogP contribution in [0.2, 0.25) is 0 Å². The third-order valence-corrected chi connectivity index (χ3v) is 1.28. The van der Waals surface area contributed by atoms with Crippen molar-refractivity contribution in [3.63, 3.8) is 0 Å². The number of hydrogen-bond donors (Lipinski definition) is 3. The Morgan fingerprint density at radius 2 is 2.00 bits per heavy atom. The Bertz CT molecular complexity index is 93.8. The van der Waals surface area contributed by atoms with Crippen LogP contribution in [0.5, 0.6) is 0 Å². The molecule has 0 aromatic carbocycles. The van der Waals surface area contributed by atoms with Crippen LogP contribution < -0.4 is 5.73 Å². The summed E-state index contributed by atoms with van der Waals surface area (Å²) in [5.41, 5.74) is 6.32. The van der Waals surface area contributed by atoms with Gasteiger partial charge in [0.25, 0.3) is 0 Å². The van der Waals surface area contributed by atoms with Crippen LogP contribution in [-0.2, 0) is 0 Å². The molecule has 4 N–H and O–H groups in total. The van der Waals surface area contributed by atoms with Gasteiger partial charge in [-0.2, -0.15) is 0 Å². The van der Waals surface area contributed by atoms with Crippen LogP contribution in [0.25, 0.3) is 0 Å². The van der Waals surface area contributed by atoms with Crippen LogP contribution in [0.4, 0.5) is 0 Å². The van der Waals surface area contributed by atoms with E-state index in [2.05, 4.69) is 0 Å². The topological polar surface area (TPSA) is 66.5 Å². The van der Waals surface area contributed by atoms with Gasteiger partial charge in [-0.15, -0.1) is 0 Å². The van der Waals surface area contributed by atoms with E-state index in [-0.39, 0.29) is 13.2 Å². The Kier molecular flexibility index (Phi) is 6.48. The fourth-order valence-corrected chi connectivity index (χ4v) is 0.787. The molecule has 0 aliphatic heterocycles. The summed E-state index contributed by atoms with van der Waals surface area (Å²) in [4.78, 5) is 0. The van der Waals surface area contributed by atoms with Crippen molar-refractivity contribution in [2.24, 2.45) is 5.73 Å². The van der Waals surface area contributed by atoms with E-state index in [4.69, 9.17) is 15.9 Å². The maximum Gasteiger partial charge on any atom is 0.0615 e. The lowest BCUT2D eigenvalue weighted by Crippen LogP contribution is -2.02. The second-order valence-corrected chi connectivity index (χ2v) is 2.06. The molecule has 0 unspecified atom stereocenters. The average molecular weight is 145 g/mol. The highest BCUT2D eigenvalue weighted by Crippen LogP contribution is 2.03. The molecule has 3 heteroatoms. The molecule has 0 atom stereocenters. The minimum atomic E-state index is 0.0370. The van der Waals surface area contributed by atoms with Crippen LogP contribution in [0.1, 0.15) is 12.8 Å². The fourth-order valence-electron chi connectivity index (χ4n) is 0.787. The third kappa shape index (κ3) is 4.49. The molecule has 0 rings (SSSR count). The fraction of sp³-hybridized carbons (Fsp3) is 0.714. The van der Waals surface area contributed by atoms with Gasteiger partial charge < -0.3 is 15.9 Å². The molecule has 0 spiro atoms. The largest absolute Gasteiger partial charge is 0.396 e. The lowest BCUT2D eigenvalue weighted by atomic mass is 10.1. The molecular formula is C7H15NO2. The summed E-state index contributed by atoms with van der Waals surface area (Å²) in [5, 5.41) is 17.0. The van der Waals surface area contributed by atoms with Crippen LogP contribution in [0, 0.1) is 0 Å². The highest BCUT2D eigenvalue weighted by atomic mass is 16.3. The Balaban J connectivity index is 3.60. The predicted molar refractivity (Wildman–Crippen MR) is 40.5 cm³/mol. The van der Waals surface area contributed by atoms with E-state index in [1.807, 2.05) is 0 Å². The molecule has 0 radical (unpaired) electrons. The minimum Gasteiger partial charge on any atom is -0.396 e. The molecule has 0 aromatic rings. The molecule has 0 saturated carbocycles. The van der Waals surface area contributed by atoms with Crippen molar-refractivity contribution in [2.45, 2.75) is 12.8 Å². The van der Waals surface area contributed by atoms with Gasteiger partial charge in [-0.1, -0.05) is 11.6 Å². The van der Waals surface area contributed by atoms with E-state index >= 15 is 0 Å². The smallest absolute Gasteiger partial charge is 0.0615 e. The Hall–Kier alpha value is -0.380. The van der Waals surface area contributed by atoms with Crippen molar-refractivity contribution in [3.05, 3.63) is 11.6 Å². The molecule has 0 amide bonds. The normalized spacial score (nSPS) is 12.1. The van der Waals surface area contributed by atoms with Crippen LogP contribution in [0.3, 0.4) is 0 Å². The van der Waals surface area contributed by atoms with E-state index in [0.29, 0.717) is 13.0 Å². The third-order valence-electron chi connectivity index (χ3n) is 1.28. The SMILES string of the molecule is NCCC(=CCO)CCO. The molecule has 0 bridgehead atoms. The molecule has 10 heavy (non-hydrogen) atoms. The first-order valence-corrected chi connectivity index (χ1v) is 3.44. The van der Waals surface area contributed by atoms with E-state index in [0.717, 1.165) is 12.0 Å². The number of rotatable bonds is 5. The highest BCUT2D eigenvalue weighted by molar-refractivity contribution is 5.02. The standard InChI is InChI=1S/C7H15NO2/c8-4-1-7(2-5-9)3-6-10/h2,9-10H,1,3-6,8H2. The van der Waals surface area contributed by atoms with E-state index in [1.54, 1.807) is 6.08 Å². The summed E-state index contributed by atoms with van der Waals surface area (Å²) in [6.45, 7) is 0.743. The van der Waals surface area contributed by atoms with Crippen molar-refractivity contribution in [2.75, 3.05) is 19.8 Å². The second kappa shape index (κ2) is 6.74. The summed E-state index contributed by atoms with van der Waals surface area (Å²) >= 11 is 0. The lowest BCUT2D eigenvalue weighted by molar-refractivity contribution is 0.296. The van der Waals surface area contributed by atoms with Gasteiger partial charge in [-0.3, -0.25) is 0 Å². The summed E-state index contributed by atoms with van der Waals surface area (Å²) in [6.07, 6.45) is 3.09. The quantitative estimate of drug-likeness (QED) is 0.463. The minimum absolute atomic E-state index is 0.0370. The van der Waals surface area contributed by atoms with Gasteiger partial charge in [0, 0.05) is 6.61 Å². The van der Waals surface area contributed by atoms with Crippen molar-refractivity contribution < 1.29 is 10.2 Å². The molecule has 0 aliphatic rings. The number of aliphatic hydroxyl groups is 2. The zero-order chi connectivity index (χ0) is 7.82. The lowest BCUT2D eigenvalue weighted by Gasteiger charge is -2.01. The van der Waals surface area contributed by atoms with E-state index in [9.17, 15) is 0 Å². The van der Waals surface area contributed by atoms with Crippen molar-refractivity contribution >= 4 is 0 Å². The zero-order valence-corrected chi connectivity index (χ0v) is 6.08. The highest BCUT2D eigenvalue weighted by Gasteiger charge is 1.93. The molecule has 0 fully saturated rings. The molecule has 0 aromatic heterocycles. The van der Waals surface area contributed by atoms with Crippen LogP contribution in [-0.4, -0.2) is 30.0 Å². The van der Waals surface area contributed by atoms with Gasteiger partial charge in [-0.25, -0.2) is 0 Å². The van der Waals surface area contributed by atoms with E-state index < -0.39 is 0 Å². The second-order valence-electron chi connectivity index (χ2n) is 2.06. The summed E-state index contributed by atoms with van der Waals surface area (Å²) in [7, 11) is 0.